The van der Waals surface area contributed by atoms with Crippen LogP contribution in [-0.2, 0) is 11.2 Å². The maximum atomic E-state index is 11.6. The second-order valence-electron chi connectivity index (χ2n) is 8.44. The number of rotatable bonds is 11. The molecule has 0 aliphatic rings. The highest BCUT2D eigenvalue weighted by Crippen LogP contribution is 2.25. The van der Waals surface area contributed by atoms with E-state index in [-0.39, 0.29) is 5.71 Å². The zero-order chi connectivity index (χ0) is 26.2. The molecule has 188 valence electrons. The summed E-state index contributed by atoms with van der Waals surface area (Å²) in [5, 5.41) is 21.8. The van der Waals surface area contributed by atoms with Crippen molar-refractivity contribution in [2.75, 3.05) is 12.0 Å². The van der Waals surface area contributed by atoms with Gasteiger partial charge in [-0.2, -0.15) is 5.10 Å². The Bertz CT molecular complexity index is 1400. The topological polar surface area (TPSA) is 121 Å². The summed E-state index contributed by atoms with van der Waals surface area (Å²) in [6, 6.07) is 26.3. The molecular formula is C29H28N4O4. The fourth-order valence-electron chi connectivity index (χ4n) is 3.78. The third kappa shape index (κ3) is 6.49. The van der Waals surface area contributed by atoms with Crippen LogP contribution in [0.25, 0.3) is 11.5 Å². The van der Waals surface area contributed by atoms with Gasteiger partial charge in [0.05, 0.1) is 18.0 Å². The molecule has 3 aromatic carbocycles. The lowest BCUT2D eigenvalue weighted by Crippen LogP contribution is -2.28. The molecule has 0 aliphatic heterocycles. The molecule has 0 amide bonds. The number of hydrogen-bond acceptors (Lipinski definition) is 7. The van der Waals surface area contributed by atoms with Crippen LogP contribution in [0.1, 0.15) is 29.9 Å². The second kappa shape index (κ2) is 11.8. The Labute approximate surface area is 215 Å². The van der Waals surface area contributed by atoms with Crippen LogP contribution < -0.4 is 10.2 Å². The molecule has 3 N–H and O–H groups in total. The minimum atomic E-state index is -1.34. The number of nitrogens with one attached hydrogen (secondary N) is 2. The third-order valence-corrected chi connectivity index (χ3v) is 5.84. The first-order valence-corrected chi connectivity index (χ1v) is 11.9. The van der Waals surface area contributed by atoms with Crippen molar-refractivity contribution < 1.29 is 19.1 Å². The van der Waals surface area contributed by atoms with E-state index in [2.05, 4.69) is 15.5 Å². The van der Waals surface area contributed by atoms with Crippen LogP contribution in [0.3, 0.4) is 0 Å². The Hall–Kier alpha value is -4.72. The summed E-state index contributed by atoms with van der Waals surface area (Å²) < 4.78 is 11.8. The van der Waals surface area contributed by atoms with E-state index in [1.165, 1.54) is 0 Å². The van der Waals surface area contributed by atoms with E-state index in [4.69, 9.17) is 14.6 Å². The molecular weight excluding hydrogens is 468 g/mol. The standard InChI is InChI=1S/C29H28N4O4/c1-19(27(26(30)29(34)35)33-32-23-13-7-4-8-14-23)22-12-9-15-24(18-22)36-17-16-25-20(2)37-28(31-25)21-10-5-3-6-11-21/h3-15,18-19,30,32H,16-17H2,1-2H3,(H,34,35)/b30-26?,33-27-. The molecule has 1 aromatic heterocycles. The van der Waals surface area contributed by atoms with Gasteiger partial charge in [0.15, 0.2) is 5.71 Å². The number of nitrogens with zero attached hydrogens (tertiary/aromatic N) is 2. The summed E-state index contributed by atoms with van der Waals surface area (Å²) in [6.45, 7) is 4.09. The van der Waals surface area contributed by atoms with Crippen molar-refractivity contribution in [1.82, 2.24) is 4.98 Å². The molecule has 8 heteroatoms. The zero-order valence-corrected chi connectivity index (χ0v) is 20.6. The number of para-hydroxylation sites is 1. The summed E-state index contributed by atoms with van der Waals surface area (Å²) in [6.07, 6.45) is 0.569. The Kier molecular flexibility index (Phi) is 8.10. The number of oxazole rings is 1. The quantitative estimate of drug-likeness (QED) is 0.174. The van der Waals surface area contributed by atoms with Gasteiger partial charge >= 0.3 is 5.97 Å². The smallest absolute Gasteiger partial charge is 0.355 e. The molecule has 0 fully saturated rings. The van der Waals surface area contributed by atoms with Crippen molar-refractivity contribution in [3.8, 4) is 17.2 Å². The van der Waals surface area contributed by atoms with E-state index >= 15 is 0 Å². The summed E-state index contributed by atoms with van der Waals surface area (Å²) in [7, 11) is 0. The lowest BCUT2D eigenvalue weighted by atomic mass is 9.93. The van der Waals surface area contributed by atoms with Crippen molar-refractivity contribution in [2.24, 2.45) is 5.10 Å². The minimum Gasteiger partial charge on any atom is -0.493 e. The maximum Gasteiger partial charge on any atom is 0.355 e. The summed E-state index contributed by atoms with van der Waals surface area (Å²) >= 11 is 0. The molecule has 1 unspecified atom stereocenters. The van der Waals surface area contributed by atoms with E-state index in [0.29, 0.717) is 30.4 Å². The Morgan fingerprint density at radius 3 is 2.49 bits per heavy atom. The number of aromatic nitrogens is 1. The SMILES string of the molecule is Cc1oc(-c2ccccc2)nc1CCOc1cccc(C(C)/C(=N/Nc2ccccc2)C(=N)C(=O)O)c1. The minimum absolute atomic E-state index is 0.111. The van der Waals surface area contributed by atoms with Gasteiger partial charge in [-0.15, -0.1) is 0 Å². The lowest BCUT2D eigenvalue weighted by Gasteiger charge is -2.16. The first-order chi connectivity index (χ1) is 17.9. The van der Waals surface area contributed by atoms with Crippen LogP contribution in [-0.4, -0.2) is 34.1 Å². The van der Waals surface area contributed by atoms with Gasteiger partial charge in [0.2, 0.25) is 5.89 Å². The molecule has 4 aromatic rings. The van der Waals surface area contributed by atoms with Gasteiger partial charge in [-0.3, -0.25) is 10.8 Å². The molecule has 1 atom stereocenters. The van der Waals surface area contributed by atoms with Crippen LogP contribution in [0.5, 0.6) is 5.75 Å². The van der Waals surface area contributed by atoms with E-state index in [1.807, 2.05) is 98.8 Å². The maximum absolute atomic E-state index is 11.6. The molecule has 37 heavy (non-hydrogen) atoms. The first kappa shape index (κ1) is 25.4. The van der Waals surface area contributed by atoms with Gasteiger partial charge in [0, 0.05) is 17.9 Å². The van der Waals surface area contributed by atoms with Crippen molar-refractivity contribution in [3.05, 3.63) is 102 Å². The van der Waals surface area contributed by atoms with Crippen LogP contribution in [0, 0.1) is 12.3 Å². The van der Waals surface area contributed by atoms with Crippen molar-refractivity contribution in [1.29, 1.82) is 5.41 Å². The number of aliphatic carboxylic acids is 1. The predicted molar refractivity (Wildman–Crippen MR) is 144 cm³/mol. The number of anilines is 1. The number of aryl methyl sites for hydroxylation is 1. The van der Waals surface area contributed by atoms with Crippen LogP contribution in [0.15, 0.2) is 94.4 Å². The number of benzene rings is 3. The van der Waals surface area contributed by atoms with Gasteiger partial charge in [-0.05, 0) is 48.9 Å². The number of hydrogen-bond donors (Lipinski definition) is 3. The number of carboxylic acid groups (broad SMARTS) is 1. The molecule has 0 radical (unpaired) electrons. The summed E-state index contributed by atoms with van der Waals surface area (Å²) in [5.74, 6) is 0.163. The largest absolute Gasteiger partial charge is 0.493 e. The number of hydrazone groups is 1. The molecule has 0 saturated heterocycles. The van der Waals surface area contributed by atoms with Crippen molar-refractivity contribution >= 4 is 23.1 Å². The summed E-state index contributed by atoms with van der Waals surface area (Å²) in [5.41, 5.74) is 5.62. The summed E-state index contributed by atoms with van der Waals surface area (Å²) in [4.78, 5) is 16.2. The van der Waals surface area contributed by atoms with Gasteiger partial charge in [-0.25, -0.2) is 9.78 Å². The molecule has 8 nitrogen and oxygen atoms in total. The predicted octanol–water partition coefficient (Wildman–Crippen LogP) is 5.95. The Balaban J connectivity index is 1.44. The number of carboxylic acids is 1. The monoisotopic (exact) mass is 496 g/mol. The molecule has 4 rings (SSSR count). The number of ether oxygens (including phenoxy) is 1. The average Bonchev–Trinajstić information content (AvgIpc) is 3.30. The number of carbonyl (C=O) groups is 1. The fourth-order valence-corrected chi connectivity index (χ4v) is 3.78. The van der Waals surface area contributed by atoms with Crippen molar-refractivity contribution in [2.45, 2.75) is 26.2 Å². The Morgan fingerprint density at radius 2 is 1.78 bits per heavy atom. The normalized spacial score (nSPS) is 12.1. The van der Waals surface area contributed by atoms with E-state index < -0.39 is 17.6 Å². The lowest BCUT2D eigenvalue weighted by molar-refractivity contribution is -0.129. The van der Waals surface area contributed by atoms with E-state index in [0.717, 1.165) is 22.6 Å². The highest BCUT2D eigenvalue weighted by Gasteiger charge is 2.23. The Morgan fingerprint density at radius 1 is 1.08 bits per heavy atom. The molecule has 0 spiro atoms. The zero-order valence-electron chi connectivity index (χ0n) is 20.6. The molecule has 0 bridgehead atoms. The second-order valence-corrected chi connectivity index (χ2v) is 8.44. The highest BCUT2D eigenvalue weighted by molar-refractivity contribution is 6.65. The van der Waals surface area contributed by atoms with Crippen LogP contribution in [0.2, 0.25) is 0 Å². The molecule has 1 heterocycles. The molecule has 0 aliphatic carbocycles. The fraction of sp³-hybridized carbons (Fsp3) is 0.172. The van der Waals surface area contributed by atoms with E-state index in [9.17, 15) is 9.90 Å². The third-order valence-electron chi connectivity index (χ3n) is 5.84. The van der Waals surface area contributed by atoms with Gasteiger partial charge in [0.1, 0.15) is 17.2 Å². The van der Waals surface area contributed by atoms with Crippen LogP contribution >= 0.6 is 0 Å². The van der Waals surface area contributed by atoms with Gasteiger partial charge < -0.3 is 14.3 Å². The van der Waals surface area contributed by atoms with Gasteiger partial charge in [0.25, 0.3) is 0 Å². The van der Waals surface area contributed by atoms with E-state index in [1.54, 1.807) is 0 Å². The average molecular weight is 497 g/mol. The van der Waals surface area contributed by atoms with Gasteiger partial charge in [-0.1, -0.05) is 55.5 Å². The van der Waals surface area contributed by atoms with Crippen LogP contribution in [0.4, 0.5) is 5.69 Å². The first-order valence-electron chi connectivity index (χ1n) is 11.9. The highest BCUT2D eigenvalue weighted by atomic mass is 16.5. The van der Waals surface area contributed by atoms with Crippen molar-refractivity contribution in [3.63, 3.8) is 0 Å². The molecule has 0 saturated carbocycles.